The van der Waals surface area contributed by atoms with E-state index >= 15 is 0 Å². The van der Waals surface area contributed by atoms with Crippen molar-refractivity contribution in [2.45, 2.75) is 204 Å². The van der Waals surface area contributed by atoms with Gasteiger partial charge >= 0.3 is 7.82 Å². The average molecular weight is 1170 g/mol. The zero-order chi connectivity index (χ0) is 57.7. The lowest BCUT2D eigenvalue weighted by molar-refractivity contribution is -0.391. The van der Waals surface area contributed by atoms with Crippen LogP contribution in [0, 0.1) is 0 Å². The molecule has 6 aliphatic rings. The normalized spacial score (nSPS) is 47.7. The third kappa shape index (κ3) is 15.6. The molecule has 0 bridgehead atoms. The van der Waals surface area contributed by atoms with E-state index in [1.165, 1.54) is 6.92 Å². The molecule has 6 saturated heterocycles. The first kappa shape index (κ1) is 65.7. The van der Waals surface area contributed by atoms with Gasteiger partial charge in [-0.2, -0.15) is 0 Å². The van der Waals surface area contributed by atoms with E-state index in [1.54, 1.807) is 0 Å². The highest BCUT2D eigenvalue weighted by atomic mass is 31.2. The lowest BCUT2D eigenvalue weighted by atomic mass is 9.96. The van der Waals surface area contributed by atoms with E-state index in [9.17, 15) is 106 Å². The number of ketones is 1. The maximum Gasteiger partial charge on any atom is 0.469 e. The third-order valence-corrected chi connectivity index (χ3v) is 14.1. The maximum atomic E-state index is 11.8. The molecule has 20 N–H and O–H groups in total. The van der Waals surface area contributed by atoms with E-state index in [0.29, 0.717) is 0 Å². The summed E-state index contributed by atoms with van der Waals surface area (Å²) in [5.74, 6) is -0.242. The SMILES string of the molecule is CC(=O)CCCO[C@@H]1OC(CO[C@H]2OC(CO[C@H]3OC(CO)[C@@H](O)[C@H](O)C3O[C@@H]3OC(COO)[C@@H](O)[C@H](O)C3O)[C@@H](O)[C@H](O)C2O)[C@@H](O)[C@H](O[C@H]2OC(CO)[C@@H](O)[C@H](O)C2O[C@H]2OC(COP(=O)(O)O)[C@@H](O)[C@H](O)C2O)C1O. The molecule has 6 fully saturated rings. The summed E-state index contributed by atoms with van der Waals surface area (Å²) in [6.07, 6.45) is -58.8. The molecule has 0 aromatic heterocycles. The number of phosphoric acid groups is 1. The number of aliphatic hydroxyl groups excluding tert-OH is 17. The lowest BCUT2D eigenvalue weighted by Gasteiger charge is -2.48. The highest BCUT2D eigenvalue weighted by Gasteiger charge is 2.56. The molecule has 0 aromatic rings. The molecule has 0 aromatic carbocycles. The summed E-state index contributed by atoms with van der Waals surface area (Å²) in [5, 5.41) is 192. The topological polar surface area (TPSA) is 568 Å². The van der Waals surface area contributed by atoms with E-state index < -0.39 is 232 Å². The fourth-order valence-corrected chi connectivity index (χ4v) is 9.46. The van der Waals surface area contributed by atoms with Crippen LogP contribution in [0.2, 0.25) is 0 Å². The van der Waals surface area contributed by atoms with Crippen LogP contribution < -0.4 is 0 Å². The number of hydrogen-bond donors (Lipinski definition) is 20. The zero-order valence-electron chi connectivity index (χ0n) is 41.1. The summed E-state index contributed by atoms with van der Waals surface area (Å²) in [7, 11) is -5.20. The number of ether oxygens (including phenoxy) is 12. The van der Waals surface area contributed by atoms with Crippen molar-refractivity contribution in [3.05, 3.63) is 0 Å². The zero-order valence-corrected chi connectivity index (χ0v) is 42.0. The van der Waals surface area contributed by atoms with Gasteiger partial charge in [-0.05, 0) is 13.3 Å². The Morgan fingerprint density at radius 1 is 0.410 bits per heavy atom. The van der Waals surface area contributed by atoms with Crippen molar-refractivity contribution >= 4 is 13.6 Å². The number of Topliss-reactive ketones (excluding diaryl/α,β-unsaturated/α-hetero) is 1. The van der Waals surface area contributed by atoms with Gasteiger partial charge in [0.05, 0.1) is 39.6 Å². The molecule has 0 spiro atoms. The molecular formula is C41H71O36P. The second-order valence-corrected chi connectivity index (χ2v) is 20.4. The molecule has 12 unspecified atom stereocenters. The van der Waals surface area contributed by atoms with Gasteiger partial charge in [-0.3, -0.25) is 9.78 Å². The van der Waals surface area contributed by atoms with E-state index in [2.05, 4.69) is 9.41 Å². The van der Waals surface area contributed by atoms with Gasteiger partial charge < -0.3 is 158 Å². The van der Waals surface area contributed by atoms with Gasteiger partial charge in [-0.25, -0.2) is 9.45 Å². The van der Waals surface area contributed by atoms with Crippen LogP contribution in [0.3, 0.4) is 0 Å². The standard InChI is InChI=1S/C41H71O36P/c1-11(44)3-2-4-64-37-32(59)33(75-41-35(28(55)19(46)13(6-43)70-41)77-39-31(58)26(53)22(49)17(74-39)10-68-78(61,62)63)23(50)15(72-37)8-65-36-29(56)24(51)20(47)14(71-36)7-66-40-34(27(54)18(45)12(5-42)69-40)76-38-30(57)25(52)21(48)16(73-38)9-67-60/h12-43,45-60H,2-10H2,1H3,(H2,61,62,63)/t12?,13?,14?,15?,16?,17?,18-,19-,20-,21-,22-,23-,24+,25+,26+,27+,28+,29?,30?,31?,32?,33+,34?,35?,36+,37-,38+,39-,40+,41-/m1/s1. The Balaban J connectivity index is 1.19. The van der Waals surface area contributed by atoms with Gasteiger partial charge in [0, 0.05) is 6.42 Å². The predicted molar refractivity (Wildman–Crippen MR) is 235 cm³/mol. The summed E-state index contributed by atoms with van der Waals surface area (Å²) >= 11 is 0. The molecule has 78 heavy (non-hydrogen) atoms. The van der Waals surface area contributed by atoms with Crippen LogP contribution in [0.4, 0.5) is 0 Å². The molecule has 6 heterocycles. The van der Waals surface area contributed by atoms with Gasteiger partial charge in [-0.15, -0.1) is 0 Å². The Morgan fingerprint density at radius 3 is 1.26 bits per heavy atom. The second kappa shape index (κ2) is 28.9. The van der Waals surface area contributed by atoms with E-state index in [4.69, 9.17) is 62.1 Å². The first-order chi connectivity index (χ1) is 36.7. The fourth-order valence-electron chi connectivity index (χ4n) is 9.12. The second-order valence-electron chi connectivity index (χ2n) is 19.2. The van der Waals surface area contributed by atoms with E-state index in [0.717, 1.165) is 0 Å². The number of carbonyl (C=O) groups is 1. The molecular weight excluding hydrogens is 1100 g/mol. The van der Waals surface area contributed by atoms with Crippen LogP contribution in [0.1, 0.15) is 19.8 Å². The van der Waals surface area contributed by atoms with Gasteiger partial charge in [0.25, 0.3) is 0 Å². The van der Waals surface area contributed by atoms with Gasteiger partial charge in [0.15, 0.2) is 37.7 Å². The molecule has 36 nitrogen and oxygen atoms in total. The minimum atomic E-state index is -5.20. The molecule has 6 rings (SSSR count). The number of hydrogen-bond acceptors (Lipinski definition) is 34. The quantitative estimate of drug-likeness (QED) is 0.0185. The summed E-state index contributed by atoms with van der Waals surface area (Å²) in [6, 6.07) is 0. The first-order valence-electron chi connectivity index (χ1n) is 24.4. The van der Waals surface area contributed by atoms with E-state index in [1.807, 2.05) is 0 Å². The minimum absolute atomic E-state index is 0.00133. The highest BCUT2D eigenvalue weighted by molar-refractivity contribution is 7.46. The monoisotopic (exact) mass is 1170 g/mol. The summed E-state index contributed by atoms with van der Waals surface area (Å²) in [5.41, 5.74) is 0. The van der Waals surface area contributed by atoms with Gasteiger partial charge in [0.2, 0.25) is 0 Å². The van der Waals surface area contributed by atoms with Crippen LogP contribution in [0.25, 0.3) is 0 Å². The van der Waals surface area contributed by atoms with Crippen molar-refractivity contribution in [3.63, 3.8) is 0 Å². The number of carbonyl (C=O) groups excluding carboxylic acids is 1. The van der Waals surface area contributed by atoms with Crippen LogP contribution in [0.15, 0.2) is 0 Å². The van der Waals surface area contributed by atoms with Gasteiger partial charge in [-0.1, -0.05) is 0 Å². The lowest BCUT2D eigenvalue weighted by Crippen LogP contribution is -2.67. The number of aliphatic hydroxyl groups is 17. The third-order valence-electron chi connectivity index (χ3n) is 13.6. The van der Waals surface area contributed by atoms with Crippen LogP contribution >= 0.6 is 7.82 Å². The Labute approximate surface area is 440 Å². The van der Waals surface area contributed by atoms with Crippen molar-refractivity contribution in [1.82, 2.24) is 0 Å². The van der Waals surface area contributed by atoms with Crippen LogP contribution in [-0.2, 0) is 75.6 Å². The molecule has 0 saturated carbocycles. The highest BCUT2D eigenvalue weighted by Crippen LogP contribution is 2.39. The van der Waals surface area contributed by atoms with Crippen molar-refractivity contribution in [2.24, 2.45) is 0 Å². The molecule has 6 aliphatic heterocycles. The smallest absolute Gasteiger partial charge is 0.394 e. The Bertz CT molecular complexity index is 1880. The summed E-state index contributed by atoms with van der Waals surface area (Å²) < 4.78 is 83.7. The number of rotatable bonds is 24. The molecule has 0 radical (unpaired) electrons. The predicted octanol–water partition coefficient (Wildman–Crippen LogP) is -12.1. The van der Waals surface area contributed by atoms with Crippen molar-refractivity contribution in [1.29, 1.82) is 0 Å². The Kier molecular flexibility index (Phi) is 24.3. The molecule has 0 amide bonds. The van der Waals surface area contributed by atoms with Crippen molar-refractivity contribution in [3.8, 4) is 0 Å². The molecule has 37 heteroatoms. The number of phosphoric ester groups is 1. The molecule has 456 valence electrons. The van der Waals surface area contributed by atoms with Crippen molar-refractivity contribution < 1.29 is 177 Å². The fraction of sp³-hybridized carbons (Fsp3) is 0.976. The first-order valence-corrected chi connectivity index (χ1v) is 25.9. The summed E-state index contributed by atoms with van der Waals surface area (Å²) in [4.78, 5) is 34.0. The average Bonchev–Trinajstić information content (AvgIpc) is 3.45. The Hall–Kier alpha value is -1.46. The van der Waals surface area contributed by atoms with Crippen LogP contribution in [0.5, 0.6) is 0 Å². The maximum absolute atomic E-state index is 11.8. The summed E-state index contributed by atoms with van der Waals surface area (Å²) in [6.45, 7) is -4.54. The Morgan fingerprint density at radius 2 is 0.782 bits per heavy atom. The van der Waals surface area contributed by atoms with E-state index in [-0.39, 0.29) is 25.2 Å². The minimum Gasteiger partial charge on any atom is -0.394 e. The largest absolute Gasteiger partial charge is 0.469 e. The molecule has 0 aliphatic carbocycles. The van der Waals surface area contributed by atoms with Gasteiger partial charge in [0.1, 0.15) is 159 Å². The van der Waals surface area contributed by atoms with Crippen molar-refractivity contribution in [2.75, 3.05) is 46.2 Å². The van der Waals surface area contributed by atoms with Crippen LogP contribution in [-0.4, -0.2) is 338 Å². The molecule has 30 atom stereocenters.